The van der Waals surface area contributed by atoms with Gasteiger partial charge in [0.2, 0.25) is 17.7 Å². The minimum absolute atomic E-state index is 0.0972. The van der Waals surface area contributed by atoms with Gasteiger partial charge in [-0.2, -0.15) is 5.26 Å². The molecule has 0 saturated carbocycles. The zero-order valence-electron chi connectivity index (χ0n) is 18.9. The molecular formula is C25H24N6O2S. The van der Waals surface area contributed by atoms with Crippen molar-refractivity contribution < 1.29 is 9.21 Å². The Morgan fingerprint density at radius 1 is 1.12 bits per heavy atom. The number of hydrogen-bond donors (Lipinski definition) is 2. The van der Waals surface area contributed by atoms with Crippen LogP contribution in [0.25, 0.3) is 22.5 Å². The number of nitrogen functional groups attached to an aromatic ring is 1. The summed E-state index contributed by atoms with van der Waals surface area (Å²) in [5, 5.41) is 21.5. The highest BCUT2D eigenvalue weighted by molar-refractivity contribution is 7.99. The summed E-state index contributed by atoms with van der Waals surface area (Å²) in [6, 6.07) is 20.6. The lowest BCUT2D eigenvalue weighted by molar-refractivity contribution is -0.119. The van der Waals surface area contributed by atoms with Gasteiger partial charge in [0.15, 0.2) is 5.16 Å². The van der Waals surface area contributed by atoms with Crippen LogP contribution in [0.4, 0.5) is 11.8 Å². The topological polar surface area (TPSA) is 123 Å². The van der Waals surface area contributed by atoms with E-state index < -0.39 is 6.04 Å². The average Bonchev–Trinajstić information content (AvgIpc) is 3.41. The van der Waals surface area contributed by atoms with E-state index in [0.29, 0.717) is 22.9 Å². The molecule has 1 amide bonds. The van der Waals surface area contributed by atoms with Crippen molar-refractivity contribution in [1.82, 2.24) is 14.8 Å². The molecule has 0 bridgehead atoms. The summed E-state index contributed by atoms with van der Waals surface area (Å²) in [5.41, 5.74) is 8.54. The van der Waals surface area contributed by atoms with Crippen molar-refractivity contribution in [2.24, 2.45) is 0 Å². The van der Waals surface area contributed by atoms with E-state index in [4.69, 9.17) is 10.2 Å². The fourth-order valence-electron chi connectivity index (χ4n) is 3.79. The molecule has 4 aromatic rings. The van der Waals surface area contributed by atoms with E-state index in [2.05, 4.69) is 21.6 Å². The Balaban J connectivity index is 1.78. The third kappa shape index (κ3) is 4.40. The molecule has 0 aliphatic heterocycles. The summed E-state index contributed by atoms with van der Waals surface area (Å²) in [6.45, 7) is 3.86. The van der Waals surface area contributed by atoms with E-state index in [1.54, 1.807) is 4.57 Å². The third-order valence-electron chi connectivity index (χ3n) is 5.32. The molecule has 0 fully saturated rings. The molecular weight excluding hydrogens is 448 g/mol. The molecule has 2 aromatic carbocycles. The Hall–Kier alpha value is -4.03. The number of anilines is 2. The highest BCUT2D eigenvalue weighted by Crippen LogP contribution is 2.41. The molecule has 34 heavy (non-hydrogen) atoms. The van der Waals surface area contributed by atoms with Crippen molar-refractivity contribution in [3.8, 4) is 28.5 Å². The van der Waals surface area contributed by atoms with Gasteiger partial charge in [-0.3, -0.25) is 14.7 Å². The molecule has 2 heterocycles. The van der Waals surface area contributed by atoms with Crippen molar-refractivity contribution in [1.29, 1.82) is 5.26 Å². The van der Waals surface area contributed by atoms with Crippen LogP contribution in [-0.2, 0) is 4.79 Å². The number of furan rings is 1. The largest absolute Gasteiger partial charge is 0.438 e. The smallest absolute Gasteiger partial charge is 0.249 e. The summed E-state index contributed by atoms with van der Waals surface area (Å²) in [6.07, 6.45) is 0.449. The fourth-order valence-corrected chi connectivity index (χ4v) is 4.50. The summed E-state index contributed by atoms with van der Waals surface area (Å²) < 4.78 is 7.76. The molecule has 172 valence electrons. The van der Waals surface area contributed by atoms with Crippen LogP contribution in [0.2, 0.25) is 0 Å². The number of aromatic nitrogens is 3. The second-order valence-electron chi connectivity index (χ2n) is 7.41. The predicted molar refractivity (Wildman–Crippen MR) is 133 cm³/mol. The standard InChI is InChI=1S/C25H24N6O2S/c1-3-19(31-24(27)29-30-25(31)34-4-2)22(32)28-23-18(15-26)20(16-11-7-5-8-12-16)21(33-23)17-13-9-6-10-14-17/h5-14,19H,3-4H2,1-2H3,(H2,27,29)(H,28,32). The van der Waals surface area contributed by atoms with Crippen LogP contribution in [-0.4, -0.2) is 26.4 Å². The first-order valence-corrected chi connectivity index (χ1v) is 11.9. The number of rotatable bonds is 8. The zero-order valence-corrected chi connectivity index (χ0v) is 19.7. The quantitative estimate of drug-likeness (QED) is 0.331. The molecule has 3 N–H and O–H groups in total. The molecule has 1 unspecified atom stereocenters. The molecule has 0 aliphatic carbocycles. The number of nitrogens with two attached hydrogens (primary N) is 1. The molecule has 9 heteroatoms. The van der Waals surface area contributed by atoms with Gasteiger partial charge in [-0.25, -0.2) is 0 Å². The first kappa shape index (κ1) is 23.1. The van der Waals surface area contributed by atoms with Crippen molar-refractivity contribution in [2.75, 3.05) is 16.8 Å². The summed E-state index contributed by atoms with van der Waals surface area (Å²) in [4.78, 5) is 13.4. The normalized spacial score (nSPS) is 11.7. The van der Waals surface area contributed by atoms with Crippen LogP contribution < -0.4 is 11.1 Å². The van der Waals surface area contributed by atoms with Crippen molar-refractivity contribution in [3.63, 3.8) is 0 Å². The summed E-state index contributed by atoms with van der Waals surface area (Å²) in [7, 11) is 0. The molecule has 0 spiro atoms. The van der Waals surface area contributed by atoms with E-state index in [0.717, 1.165) is 16.9 Å². The van der Waals surface area contributed by atoms with Gasteiger partial charge in [0.25, 0.3) is 0 Å². The lowest BCUT2D eigenvalue weighted by atomic mass is 9.98. The molecule has 0 radical (unpaired) electrons. The number of benzene rings is 2. The van der Waals surface area contributed by atoms with E-state index in [9.17, 15) is 10.1 Å². The predicted octanol–water partition coefficient (Wildman–Crippen LogP) is 5.36. The van der Waals surface area contributed by atoms with Crippen LogP contribution in [0.3, 0.4) is 0 Å². The van der Waals surface area contributed by atoms with Gasteiger partial charge < -0.3 is 10.2 Å². The maximum atomic E-state index is 13.4. The van der Waals surface area contributed by atoms with E-state index >= 15 is 0 Å². The van der Waals surface area contributed by atoms with Gasteiger partial charge >= 0.3 is 0 Å². The van der Waals surface area contributed by atoms with Gasteiger partial charge in [0.1, 0.15) is 23.4 Å². The van der Waals surface area contributed by atoms with Gasteiger partial charge in [-0.1, -0.05) is 86.3 Å². The number of amides is 1. The first-order valence-electron chi connectivity index (χ1n) is 10.9. The number of carbonyl (C=O) groups is 1. The number of nitrogens with one attached hydrogen (secondary N) is 1. The maximum absolute atomic E-state index is 13.4. The molecule has 0 saturated heterocycles. The van der Waals surface area contributed by atoms with E-state index in [1.807, 2.05) is 74.5 Å². The van der Waals surface area contributed by atoms with Crippen LogP contribution in [0.15, 0.2) is 70.2 Å². The Morgan fingerprint density at radius 3 is 2.35 bits per heavy atom. The van der Waals surface area contributed by atoms with Crippen molar-refractivity contribution in [3.05, 3.63) is 66.2 Å². The van der Waals surface area contributed by atoms with Crippen molar-refractivity contribution >= 4 is 29.5 Å². The van der Waals surface area contributed by atoms with E-state index in [1.165, 1.54) is 11.8 Å². The zero-order chi connectivity index (χ0) is 24.1. The molecule has 8 nitrogen and oxygen atoms in total. The number of nitrogens with zero attached hydrogens (tertiary/aromatic N) is 4. The van der Waals surface area contributed by atoms with Crippen LogP contribution in [0.1, 0.15) is 31.9 Å². The SMILES string of the molecule is CCSc1nnc(N)n1C(CC)C(=O)Nc1oc(-c2ccccc2)c(-c2ccccc2)c1C#N. The number of nitriles is 1. The lowest BCUT2D eigenvalue weighted by Crippen LogP contribution is -2.27. The van der Waals surface area contributed by atoms with Gasteiger partial charge in [-0.05, 0) is 17.7 Å². The first-order chi connectivity index (χ1) is 16.6. The van der Waals surface area contributed by atoms with Crippen LogP contribution in [0, 0.1) is 11.3 Å². The molecule has 4 rings (SSSR count). The molecule has 1 atom stereocenters. The molecule has 2 aromatic heterocycles. The van der Waals surface area contributed by atoms with Gasteiger partial charge in [0.05, 0.1) is 0 Å². The maximum Gasteiger partial charge on any atom is 0.249 e. The Kier molecular flexibility index (Phi) is 6.99. The Labute approximate surface area is 201 Å². The van der Waals surface area contributed by atoms with Crippen LogP contribution >= 0.6 is 11.8 Å². The number of thioether (sulfide) groups is 1. The number of carbonyl (C=O) groups excluding carboxylic acids is 1. The Morgan fingerprint density at radius 2 is 1.76 bits per heavy atom. The summed E-state index contributed by atoms with van der Waals surface area (Å²) in [5.74, 6) is 1.16. The summed E-state index contributed by atoms with van der Waals surface area (Å²) >= 11 is 1.45. The highest BCUT2D eigenvalue weighted by Gasteiger charge is 2.29. The molecule has 0 aliphatic rings. The van der Waals surface area contributed by atoms with Gasteiger partial charge in [0, 0.05) is 11.1 Å². The second kappa shape index (κ2) is 10.3. The third-order valence-corrected chi connectivity index (χ3v) is 6.15. The van der Waals surface area contributed by atoms with Gasteiger partial charge in [-0.15, -0.1) is 10.2 Å². The van der Waals surface area contributed by atoms with Crippen LogP contribution in [0.5, 0.6) is 0 Å². The average molecular weight is 473 g/mol. The second-order valence-corrected chi connectivity index (χ2v) is 8.64. The number of hydrogen-bond acceptors (Lipinski definition) is 7. The minimum Gasteiger partial charge on any atom is -0.438 e. The van der Waals surface area contributed by atoms with E-state index in [-0.39, 0.29) is 23.3 Å². The minimum atomic E-state index is -0.666. The van der Waals surface area contributed by atoms with Crippen molar-refractivity contribution in [2.45, 2.75) is 31.5 Å². The lowest BCUT2D eigenvalue weighted by Gasteiger charge is -2.18. The monoisotopic (exact) mass is 472 g/mol. The Bertz CT molecular complexity index is 1320. The fraction of sp³-hybridized carbons (Fsp3) is 0.200. The highest BCUT2D eigenvalue weighted by atomic mass is 32.2.